The number of para-hydroxylation sites is 1. The van der Waals surface area contributed by atoms with Crippen molar-refractivity contribution >= 4 is 5.91 Å². The van der Waals surface area contributed by atoms with Crippen LogP contribution in [0.3, 0.4) is 0 Å². The summed E-state index contributed by atoms with van der Waals surface area (Å²) in [6.45, 7) is 1.91. The molecule has 150 valence electrons. The number of carbonyl (C=O) groups is 1. The van der Waals surface area contributed by atoms with Crippen LogP contribution in [-0.2, 0) is 0 Å². The van der Waals surface area contributed by atoms with Crippen LogP contribution >= 0.6 is 0 Å². The van der Waals surface area contributed by atoms with Crippen LogP contribution in [0.2, 0.25) is 0 Å². The van der Waals surface area contributed by atoms with Crippen molar-refractivity contribution in [1.82, 2.24) is 25.6 Å². The van der Waals surface area contributed by atoms with Gasteiger partial charge in [0, 0.05) is 5.56 Å². The fraction of sp³-hybridized carbons (Fsp3) is 0.318. The van der Waals surface area contributed by atoms with Crippen LogP contribution in [0, 0.1) is 0 Å². The molecule has 1 fully saturated rings. The maximum absolute atomic E-state index is 13.0. The highest BCUT2D eigenvalue weighted by Gasteiger charge is 2.23. The average molecular weight is 391 g/mol. The van der Waals surface area contributed by atoms with Gasteiger partial charge in [0.05, 0.1) is 25.4 Å². The van der Waals surface area contributed by atoms with Crippen LogP contribution in [0.15, 0.2) is 60.8 Å². The zero-order valence-corrected chi connectivity index (χ0v) is 16.4. The Labute approximate surface area is 170 Å². The Morgan fingerprint density at radius 1 is 1.14 bits per heavy atom. The number of nitrogens with zero attached hydrogens (tertiary/aromatic N) is 3. The SMILES string of the molecule is COc1ccccc1C(NC(=O)c1cn(C2CCNCC2)nn1)c1ccccc1. The number of hydrogen-bond donors (Lipinski definition) is 2. The number of hydrogen-bond acceptors (Lipinski definition) is 5. The van der Waals surface area contributed by atoms with Gasteiger partial charge in [-0.15, -0.1) is 5.10 Å². The molecule has 1 saturated heterocycles. The quantitative estimate of drug-likeness (QED) is 0.675. The lowest BCUT2D eigenvalue weighted by Crippen LogP contribution is -2.30. The number of piperidine rings is 1. The first-order chi connectivity index (χ1) is 14.3. The van der Waals surface area contributed by atoms with Gasteiger partial charge in [0.25, 0.3) is 5.91 Å². The molecular formula is C22H25N5O2. The Hall–Kier alpha value is -3.19. The summed E-state index contributed by atoms with van der Waals surface area (Å²) in [5, 5.41) is 14.8. The highest BCUT2D eigenvalue weighted by molar-refractivity contribution is 5.92. The van der Waals surface area contributed by atoms with E-state index in [2.05, 4.69) is 20.9 Å². The molecular weight excluding hydrogens is 366 g/mol. The largest absolute Gasteiger partial charge is 0.496 e. The van der Waals surface area contributed by atoms with Crippen LogP contribution in [0.5, 0.6) is 5.75 Å². The number of nitrogens with one attached hydrogen (secondary N) is 2. The molecule has 0 bridgehead atoms. The molecule has 2 aromatic carbocycles. The van der Waals surface area contributed by atoms with E-state index in [4.69, 9.17) is 4.74 Å². The van der Waals surface area contributed by atoms with Gasteiger partial charge in [-0.05, 0) is 37.6 Å². The number of methoxy groups -OCH3 is 1. The van der Waals surface area contributed by atoms with Crippen molar-refractivity contribution in [1.29, 1.82) is 0 Å². The fourth-order valence-corrected chi connectivity index (χ4v) is 3.73. The highest BCUT2D eigenvalue weighted by Crippen LogP contribution is 2.30. The van der Waals surface area contributed by atoms with Crippen LogP contribution in [-0.4, -0.2) is 41.1 Å². The molecule has 1 unspecified atom stereocenters. The fourth-order valence-electron chi connectivity index (χ4n) is 3.73. The topological polar surface area (TPSA) is 81.1 Å². The van der Waals surface area contributed by atoms with Crippen molar-refractivity contribution < 1.29 is 9.53 Å². The van der Waals surface area contributed by atoms with Crippen molar-refractivity contribution in [2.75, 3.05) is 20.2 Å². The van der Waals surface area contributed by atoms with E-state index in [9.17, 15) is 4.79 Å². The van der Waals surface area contributed by atoms with Gasteiger partial charge in [0.15, 0.2) is 5.69 Å². The van der Waals surface area contributed by atoms with Crippen molar-refractivity contribution in [3.8, 4) is 5.75 Å². The molecule has 1 atom stereocenters. The van der Waals surface area contributed by atoms with E-state index in [-0.39, 0.29) is 18.0 Å². The van der Waals surface area contributed by atoms with E-state index < -0.39 is 0 Å². The van der Waals surface area contributed by atoms with Crippen LogP contribution in [0.1, 0.15) is 46.5 Å². The molecule has 29 heavy (non-hydrogen) atoms. The third-order valence-electron chi connectivity index (χ3n) is 5.28. The van der Waals surface area contributed by atoms with Gasteiger partial charge in [0.2, 0.25) is 0 Å². The Balaban J connectivity index is 1.59. The molecule has 0 aliphatic carbocycles. The van der Waals surface area contributed by atoms with E-state index in [1.807, 2.05) is 59.3 Å². The molecule has 7 nitrogen and oxygen atoms in total. The Kier molecular flexibility index (Phi) is 5.86. The zero-order chi connectivity index (χ0) is 20.1. The standard InChI is InChI=1S/C22H25N5O2/c1-29-20-10-6-5-9-18(20)21(16-7-3-2-4-8-16)24-22(28)19-15-27(26-25-19)17-11-13-23-14-12-17/h2-10,15,17,21,23H,11-14H2,1H3,(H,24,28). The summed E-state index contributed by atoms with van der Waals surface area (Å²) in [4.78, 5) is 13.0. The van der Waals surface area contributed by atoms with Crippen molar-refractivity contribution in [3.05, 3.63) is 77.6 Å². The molecule has 1 aliphatic rings. The summed E-state index contributed by atoms with van der Waals surface area (Å²) >= 11 is 0. The lowest BCUT2D eigenvalue weighted by molar-refractivity contribution is 0.0937. The van der Waals surface area contributed by atoms with E-state index in [1.165, 1.54) is 0 Å². The molecule has 1 aromatic heterocycles. The first-order valence-corrected chi connectivity index (χ1v) is 9.87. The van der Waals surface area contributed by atoms with Gasteiger partial charge in [-0.1, -0.05) is 53.7 Å². The maximum Gasteiger partial charge on any atom is 0.274 e. The molecule has 0 saturated carbocycles. The number of ether oxygens (including phenoxy) is 1. The summed E-state index contributed by atoms with van der Waals surface area (Å²) in [7, 11) is 1.63. The molecule has 3 aromatic rings. The number of carbonyl (C=O) groups excluding carboxylic acids is 1. The molecule has 7 heteroatoms. The highest BCUT2D eigenvalue weighted by atomic mass is 16.5. The van der Waals surface area contributed by atoms with E-state index in [0.29, 0.717) is 5.69 Å². The summed E-state index contributed by atoms with van der Waals surface area (Å²) in [5.74, 6) is 0.463. The zero-order valence-electron chi connectivity index (χ0n) is 16.4. The monoisotopic (exact) mass is 391 g/mol. The lowest BCUT2D eigenvalue weighted by atomic mass is 9.97. The van der Waals surface area contributed by atoms with Crippen LogP contribution < -0.4 is 15.4 Å². The Bertz CT molecular complexity index is 951. The minimum atomic E-state index is -0.358. The number of aromatic nitrogens is 3. The van der Waals surface area contributed by atoms with E-state index in [0.717, 1.165) is 42.8 Å². The molecule has 2 heterocycles. The van der Waals surface area contributed by atoms with E-state index in [1.54, 1.807) is 13.3 Å². The first kappa shape index (κ1) is 19.1. The van der Waals surface area contributed by atoms with Gasteiger partial charge in [-0.2, -0.15) is 0 Å². The van der Waals surface area contributed by atoms with Crippen molar-refractivity contribution in [2.24, 2.45) is 0 Å². The van der Waals surface area contributed by atoms with Gasteiger partial charge < -0.3 is 15.4 Å². The van der Waals surface area contributed by atoms with Crippen LogP contribution in [0.4, 0.5) is 0 Å². The van der Waals surface area contributed by atoms with Gasteiger partial charge in [-0.3, -0.25) is 4.79 Å². The predicted octanol–water partition coefficient (Wildman–Crippen LogP) is 2.73. The average Bonchev–Trinajstić information content (AvgIpc) is 3.29. The second kappa shape index (κ2) is 8.87. The van der Waals surface area contributed by atoms with Gasteiger partial charge in [-0.25, -0.2) is 4.68 Å². The first-order valence-electron chi connectivity index (χ1n) is 9.87. The maximum atomic E-state index is 13.0. The molecule has 0 spiro atoms. The number of amides is 1. The summed E-state index contributed by atoms with van der Waals surface area (Å²) in [5.41, 5.74) is 2.18. The van der Waals surface area contributed by atoms with Crippen molar-refractivity contribution in [2.45, 2.75) is 24.9 Å². The Morgan fingerprint density at radius 3 is 2.62 bits per heavy atom. The minimum Gasteiger partial charge on any atom is -0.496 e. The minimum absolute atomic E-state index is 0.259. The van der Waals surface area contributed by atoms with Crippen LogP contribution in [0.25, 0.3) is 0 Å². The number of rotatable bonds is 6. The smallest absolute Gasteiger partial charge is 0.274 e. The summed E-state index contributed by atoms with van der Waals surface area (Å²) < 4.78 is 7.35. The summed E-state index contributed by atoms with van der Waals surface area (Å²) in [6.07, 6.45) is 3.71. The number of benzene rings is 2. The molecule has 1 aliphatic heterocycles. The van der Waals surface area contributed by atoms with Gasteiger partial charge in [0.1, 0.15) is 5.75 Å². The molecule has 2 N–H and O–H groups in total. The third-order valence-corrected chi connectivity index (χ3v) is 5.28. The third kappa shape index (κ3) is 4.30. The second-order valence-corrected chi connectivity index (χ2v) is 7.12. The Morgan fingerprint density at radius 2 is 1.86 bits per heavy atom. The normalized spacial score (nSPS) is 15.6. The van der Waals surface area contributed by atoms with Gasteiger partial charge >= 0.3 is 0 Å². The van der Waals surface area contributed by atoms with E-state index >= 15 is 0 Å². The molecule has 4 rings (SSSR count). The molecule has 1 amide bonds. The molecule has 0 radical (unpaired) electrons. The lowest BCUT2D eigenvalue weighted by Gasteiger charge is -2.22. The second-order valence-electron chi connectivity index (χ2n) is 7.12. The summed E-state index contributed by atoms with van der Waals surface area (Å²) in [6, 6.07) is 17.5. The predicted molar refractivity (Wildman–Crippen MR) is 110 cm³/mol. The van der Waals surface area contributed by atoms with Crippen molar-refractivity contribution in [3.63, 3.8) is 0 Å².